The maximum absolute atomic E-state index is 12.0. The zero-order valence-electron chi connectivity index (χ0n) is 10.6. The zero-order valence-corrected chi connectivity index (χ0v) is 13.0. The van der Waals surface area contributed by atoms with Gasteiger partial charge in [-0.15, -0.1) is 0 Å². The van der Waals surface area contributed by atoms with Gasteiger partial charge in [0.1, 0.15) is 0 Å². The van der Waals surface area contributed by atoms with Gasteiger partial charge in [-0.2, -0.15) is 0 Å². The molecular weight excluding hydrogens is 340 g/mol. The van der Waals surface area contributed by atoms with Crippen LogP contribution in [0.25, 0.3) is 0 Å². The number of amides is 1. The molecule has 2 aromatic carbocycles. The highest BCUT2D eigenvalue weighted by Gasteiger charge is 2.12. The highest BCUT2D eigenvalue weighted by molar-refractivity contribution is 9.10. The Hall–Kier alpha value is -1.36. The molecule has 0 saturated carbocycles. The Balaban J connectivity index is 1.97. The lowest BCUT2D eigenvalue weighted by molar-refractivity contribution is -0.116. The fourth-order valence-corrected chi connectivity index (χ4v) is 2.30. The Kier molecular flexibility index (Phi) is 5.17. The van der Waals surface area contributed by atoms with Crippen LogP contribution in [0.5, 0.6) is 0 Å². The molecule has 1 amide bonds. The molecule has 0 aromatic heterocycles. The van der Waals surface area contributed by atoms with Crippen LogP contribution in [0.15, 0.2) is 53.0 Å². The topological polar surface area (TPSA) is 55.1 Å². The van der Waals surface area contributed by atoms with Gasteiger partial charge in [0.15, 0.2) is 0 Å². The van der Waals surface area contributed by atoms with Crippen LogP contribution in [0.4, 0.5) is 5.69 Å². The van der Waals surface area contributed by atoms with E-state index >= 15 is 0 Å². The van der Waals surface area contributed by atoms with Crippen LogP contribution < -0.4 is 11.1 Å². The Bertz CT molecular complexity index is 604. The summed E-state index contributed by atoms with van der Waals surface area (Å²) in [6, 6.07) is 14.5. The minimum Gasteiger partial charge on any atom is -0.326 e. The van der Waals surface area contributed by atoms with Crippen molar-refractivity contribution in [1.29, 1.82) is 0 Å². The van der Waals surface area contributed by atoms with Gasteiger partial charge in [0.25, 0.3) is 0 Å². The molecule has 0 aliphatic rings. The molecule has 0 fully saturated rings. The summed E-state index contributed by atoms with van der Waals surface area (Å²) >= 11 is 9.22. The standard InChI is InChI=1S/C15H14BrClN2O/c16-12-8-11(6-7-13(12)17)19-15(20)9-14(18)10-4-2-1-3-5-10/h1-8,14H,9,18H2,(H,19,20). The third kappa shape index (κ3) is 4.07. The second-order valence-corrected chi connectivity index (χ2v) is 5.66. The predicted molar refractivity (Wildman–Crippen MR) is 85.8 cm³/mol. The van der Waals surface area contributed by atoms with Gasteiger partial charge < -0.3 is 11.1 Å². The van der Waals surface area contributed by atoms with E-state index in [0.717, 1.165) is 10.0 Å². The lowest BCUT2D eigenvalue weighted by atomic mass is 10.0. The molecule has 5 heteroatoms. The molecule has 1 unspecified atom stereocenters. The molecular formula is C15H14BrClN2O. The number of benzene rings is 2. The molecule has 104 valence electrons. The van der Waals surface area contributed by atoms with E-state index in [9.17, 15) is 4.79 Å². The van der Waals surface area contributed by atoms with Crippen molar-refractivity contribution in [2.75, 3.05) is 5.32 Å². The molecule has 3 nitrogen and oxygen atoms in total. The Labute approximate surface area is 131 Å². The molecule has 0 aliphatic carbocycles. The molecule has 20 heavy (non-hydrogen) atoms. The van der Waals surface area contributed by atoms with Crippen LogP contribution in [-0.2, 0) is 4.79 Å². The summed E-state index contributed by atoms with van der Waals surface area (Å²) in [5.74, 6) is -0.129. The number of nitrogens with two attached hydrogens (primary N) is 1. The molecule has 0 radical (unpaired) electrons. The van der Waals surface area contributed by atoms with E-state index in [1.54, 1.807) is 18.2 Å². The van der Waals surface area contributed by atoms with E-state index in [4.69, 9.17) is 17.3 Å². The van der Waals surface area contributed by atoms with Gasteiger partial charge in [-0.1, -0.05) is 41.9 Å². The molecule has 0 saturated heterocycles. The van der Waals surface area contributed by atoms with Crippen LogP contribution >= 0.6 is 27.5 Å². The van der Waals surface area contributed by atoms with Crippen molar-refractivity contribution >= 4 is 39.1 Å². The van der Waals surface area contributed by atoms with Crippen LogP contribution in [0, 0.1) is 0 Å². The van der Waals surface area contributed by atoms with Crippen LogP contribution in [0.1, 0.15) is 18.0 Å². The van der Waals surface area contributed by atoms with Gasteiger partial charge in [-0.05, 0) is 39.7 Å². The van der Waals surface area contributed by atoms with Crippen molar-refractivity contribution in [1.82, 2.24) is 0 Å². The van der Waals surface area contributed by atoms with Crippen LogP contribution in [0.3, 0.4) is 0 Å². The highest BCUT2D eigenvalue weighted by Crippen LogP contribution is 2.25. The number of carbonyl (C=O) groups is 1. The van der Waals surface area contributed by atoms with Gasteiger partial charge in [0, 0.05) is 22.6 Å². The second-order valence-electron chi connectivity index (χ2n) is 4.40. The fourth-order valence-electron chi connectivity index (χ4n) is 1.80. The lowest BCUT2D eigenvalue weighted by Crippen LogP contribution is -2.20. The monoisotopic (exact) mass is 352 g/mol. The number of hydrogen-bond donors (Lipinski definition) is 2. The molecule has 1 atom stereocenters. The van der Waals surface area contributed by atoms with Gasteiger partial charge >= 0.3 is 0 Å². The minimum absolute atomic E-state index is 0.129. The van der Waals surface area contributed by atoms with E-state index in [1.807, 2.05) is 30.3 Å². The molecule has 2 aromatic rings. The maximum atomic E-state index is 12.0. The molecule has 0 bridgehead atoms. The third-order valence-corrected chi connectivity index (χ3v) is 4.05. The second kappa shape index (κ2) is 6.88. The molecule has 3 N–H and O–H groups in total. The highest BCUT2D eigenvalue weighted by atomic mass is 79.9. The summed E-state index contributed by atoms with van der Waals surface area (Å²) in [7, 11) is 0. The van der Waals surface area contributed by atoms with Gasteiger partial charge in [-0.25, -0.2) is 0 Å². The van der Waals surface area contributed by atoms with Gasteiger partial charge in [0.05, 0.1) is 5.02 Å². The summed E-state index contributed by atoms with van der Waals surface area (Å²) < 4.78 is 0.740. The Morgan fingerprint density at radius 1 is 1.25 bits per heavy atom. The van der Waals surface area contributed by atoms with Crippen molar-refractivity contribution in [3.63, 3.8) is 0 Å². The first-order chi connectivity index (χ1) is 9.56. The van der Waals surface area contributed by atoms with Gasteiger partial charge in [0.2, 0.25) is 5.91 Å². The van der Waals surface area contributed by atoms with Crippen molar-refractivity contribution in [3.05, 3.63) is 63.6 Å². The van der Waals surface area contributed by atoms with Crippen LogP contribution in [0.2, 0.25) is 5.02 Å². The number of nitrogens with one attached hydrogen (secondary N) is 1. The zero-order chi connectivity index (χ0) is 14.5. The number of rotatable bonds is 4. The van der Waals surface area contributed by atoms with Crippen LogP contribution in [-0.4, -0.2) is 5.91 Å². The van der Waals surface area contributed by atoms with Crippen molar-refractivity contribution in [2.45, 2.75) is 12.5 Å². The summed E-state index contributed by atoms with van der Waals surface area (Å²) in [6.45, 7) is 0. The van der Waals surface area contributed by atoms with E-state index in [-0.39, 0.29) is 18.4 Å². The lowest BCUT2D eigenvalue weighted by Gasteiger charge is -2.12. The van der Waals surface area contributed by atoms with E-state index < -0.39 is 0 Å². The maximum Gasteiger partial charge on any atom is 0.226 e. The quantitative estimate of drug-likeness (QED) is 0.868. The smallest absolute Gasteiger partial charge is 0.226 e. The number of halogens is 2. The number of carbonyl (C=O) groups excluding carboxylic acids is 1. The summed E-state index contributed by atoms with van der Waals surface area (Å²) in [6.07, 6.45) is 0.226. The summed E-state index contributed by atoms with van der Waals surface area (Å²) in [5.41, 5.74) is 7.64. The fraction of sp³-hybridized carbons (Fsp3) is 0.133. The van der Waals surface area contributed by atoms with Crippen molar-refractivity contribution < 1.29 is 4.79 Å². The molecule has 0 spiro atoms. The largest absolute Gasteiger partial charge is 0.326 e. The SMILES string of the molecule is NC(CC(=O)Nc1ccc(Cl)c(Br)c1)c1ccccc1. The van der Waals surface area contributed by atoms with E-state index in [1.165, 1.54) is 0 Å². The van der Waals surface area contributed by atoms with Gasteiger partial charge in [-0.3, -0.25) is 4.79 Å². The molecule has 0 heterocycles. The normalized spacial score (nSPS) is 11.9. The van der Waals surface area contributed by atoms with E-state index in [2.05, 4.69) is 21.2 Å². The Morgan fingerprint density at radius 3 is 2.60 bits per heavy atom. The van der Waals surface area contributed by atoms with Crippen molar-refractivity contribution in [3.8, 4) is 0 Å². The first-order valence-corrected chi connectivity index (χ1v) is 7.29. The third-order valence-electron chi connectivity index (χ3n) is 2.84. The van der Waals surface area contributed by atoms with E-state index in [0.29, 0.717) is 10.7 Å². The average Bonchev–Trinajstić information content (AvgIpc) is 2.44. The minimum atomic E-state index is -0.313. The van der Waals surface area contributed by atoms with Crippen molar-refractivity contribution in [2.24, 2.45) is 5.73 Å². The first kappa shape index (κ1) is 15.0. The summed E-state index contributed by atoms with van der Waals surface area (Å²) in [4.78, 5) is 12.0. The first-order valence-electron chi connectivity index (χ1n) is 6.11. The summed E-state index contributed by atoms with van der Waals surface area (Å²) in [5, 5.41) is 3.40. The number of hydrogen-bond acceptors (Lipinski definition) is 2. The number of anilines is 1. The average molecular weight is 354 g/mol. The Morgan fingerprint density at radius 2 is 1.95 bits per heavy atom. The molecule has 0 aliphatic heterocycles. The molecule has 2 rings (SSSR count). The predicted octanol–water partition coefficient (Wildman–Crippen LogP) is 4.13.